The quantitative estimate of drug-likeness (QED) is 0.362. The predicted octanol–water partition coefficient (Wildman–Crippen LogP) is 5.10. The number of thiophene rings is 1. The van der Waals surface area contributed by atoms with Crippen LogP contribution >= 0.6 is 34.5 Å². The summed E-state index contributed by atoms with van der Waals surface area (Å²) in [4.78, 5) is 31.0. The Morgan fingerprint density at radius 3 is 2.57 bits per heavy atom. The van der Waals surface area contributed by atoms with E-state index in [1.54, 1.807) is 35.5 Å². The highest BCUT2D eigenvalue weighted by molar-refractivity contribution is 7.09. The molecule has 7 nitrogen and oxygen atoms in total. The van der Waals surface area contributed by atoms with Crippen molar-refractivity contribution >= 4 is 46.4 Å². The smallest absolute Gasteiger partial charge is 0.254 e. The van der Waals surface area contributed by atoms with Gasteiger partial charge < -0.3 is 24.0 Å². The number of carbonyl (C=O) groups is 2. The average Bonchev–Trinajstić information content (AvgIpc) is 3.54. The van der Waals surface area contributed by atoms with Crippen molar-refractivity contribution in [3.63, 3.8) is 0 Å². The zero-order valence-corrected chi connectivity index (χ0v) is 21.4. The molecule has 0 saturated heterocycles. The van der Waals surface area contributed by atoms with Crippen molar-refractivity contribution in [1.29, 1.82) is 0 Å². The van der Waals surface area contributed by atoms with Crippen LogP contribution in [0.25, 0.3) is 0 Å². The van der Waals surface area contributed by atoms with Crippen molar-refractivity contribution in [1.82, 2.24) is 9.80 Å². The van der Waals surface area contributed by atoms with E-state index in [-0.39, 0.29) is 43.3 Å². The van der Waals surface area contributed by atoms with Crippen LogP contribution in [0.4, 0.5) is 0 Å². The Kier molecular flexibility index (Phi) is 8.51. The van der Waals surface area contributed by atoms with Gasteiger partial charge in [0.25, 0.3) is 5.91 Å². The summed E-state index contributed by atoms with van der Waals surface area (Å²) in [5.74, 6) is 0.819. The van der Waals surface area contributed by atoms with Crippen molar-refractivity contribution in [2.75, 3.05) is 33.6 Å². The summed E-state index contributed by atoms with van der Waals surface area (Å²) < 4.78 is 16.1. The lowest BCUT2D eigenvalue weighted by atomic mass is 10.1. The van der Waals surface area contributed by atoms with Crippen LogP contribution in [0.3, 0.4) is 0 Å². The van der Waals surface area contributed by atoms with Gasteiger partial charge in [0.2, 0.25) is 12.7 Å². The molecule has 35 heavy (non-hydrogen) atoms. The van der Waals surface area contributed by atoms with Crippen LogP contribution < -0.4 is 9.47 Å². The fraction of sp³-hybridized carbons (Fsp3) is 0.280. The highest BCUT2D eigenvalue weighted by Gasteiger charge is 2.24. The van der Waals surface area contributed by atoms with Gasteiger partial charge in [-0.2, -0.15) is 0 Å². The largest absolute Gasteiger partial charge is 0.454 e. The Labute approximate surface area is 217 Å². The Bertz CT molecular complexity index is 1190. The molecule has 10 heteroatoms. The van der Waals surface area contributed by atoms with Gasteiger partial charge in [-0.05, 0) is 47.3 Å². The number of halogens is 2. The first kappa shape index (κ1) is 25.3. The van der Waals surface area contributed by atoms with Crippen LogP contribution in [0.2, 0.25) is 10.0 Å². The summed E-state index contributed by atoms with van der Waals surface area (Å²) in [5, 5.41) is 2.60. The highest BCUT2D eigenvalue weighted by atomic mass is 35.5. The number of fused-ring (bicyclic) bond motifs is 1. The van der Waals surface area contributed by atoms with Gasteiger partial charge in [-0.1, -0.05) is 35.3 Å². The van der Waals surface area contributed by atoms with Crippen LogP contribution in [-0.2, 0) is 22.6 Å². The first-order valence-electron chi connectivity index (χ1n) is 10.9. The van der Waals surface area contributed by atoms with Gasteiger partial charge in [-0.25, -0.2) is 0 Å². The molecule has 2 amide bonds. The molecule has 0 atom stereocenters. The molecular weight excluding hydrogens is 511 g/mol. The van der Waals surface area contributed by atoms with E-state index in [4.69, 9.17) is 37.4 Å². The Balaban J connectivity index is 1.54. The molecule has 4 rings (SSSR count). The SMILES string of the molecule is COCCN(CC(=O)N(Cc1ccc2c(c1)OCO2)Cc1cccs1)C(=O)c1ccc(Cl)c(Cl)c1. The Morgan fingerprint density at radius 2 is 1.83 bits per heavy atom. The summed E-state index contributed by atoms with van der Waals surface area (Å²) in [6.45, 7) is 1.38. The van der Waals surface area contributed by atoms with E-state index in [9.17, 15) is 9.59 Å². The number of methoxy groups -OCH3 is 1. The molecule has 2 heterocycles. The highest BCUT2D eigenvalue weighted by Crippen LogP contribution is 2.33. The number of ether oxygens (including phenoxy) is 3. The van der Waals surface area contributed by atoms with Crippen LogP contribution in [0.5, 0.6) is 11.5 Å². The van der Waals surface area contributed by atoms with Gasteiger partial charge in [0.1, 0.15) is 6.54 Å². The molecule has 184 valence electrons. The van der Waals surface area contributed by atoms with E-state index in [1.807, 2.05) is 35.7 Å². The molecule has 1 aliphatic rings. The second-order valence-electron chi connectivity index (χ2n) is 7.87. The monoisotopic (exact) mass is 534 g/mol. The summed E-state index contributed by atoms with van der Waals surface area (Å²) in [5.41, 5.74) is 1.25. The van der Waals surface area contributed by atoms with E-state index in [2.05, 4.69) is 0 Å². The molecule has 0 aliphatic carbocycles. The van der Waals surface area contributed by atoms with Crippen molar-refractivity contribution in [2.45, 2.75) is 13.1 Å². The normalized spacial score (nSPS) is 12.0. The van der Waals surface area contributed by atoms with Crippen molar-refractivity contribution in [3.8, 4) is 11.5 Å². The topological polar surface area (TPSA) is 68.3 Å². The molecule has 1 aliphatic heterocycles. The molecule has 0 saturated carbocycles. The summed E-state index contributed by atoms with van der Waals surface area (Å²) in [6, 6.07) is 14.2. The molecule has 0 fully saturated rings. The third kappa shape index (κ3) is 6.46. The fourth-order valence-corrected chi connectivity index (χ4v) is 4.63. The maximum atomic E-state index is 13.5. The van der Waals surface area contributed by atoms with Gasteiger partial charge in [-0.3, -0.25) is 9.59 Å². The summed E-state index contributed by atoms with van der Waals surface area (Å²) in [7, 11) is 1.55. The zero-order chi connectivity index (χ0) is 24.8. The first-order chi connectivity index (χ1) is 16.9. The number of amides is 2. The first-order valence-corrected chi connectivity index (χ1v) is 12.5. The Morgan fingerprint density at radius 1 is 1.00 bits per heavy atom. The maximum Gasteiger partial charge on any atom is 0.254 e. The molecule has 3 aromatic rings. The van der Waals surface area contributed by atoms with Crippen molar-refractivity contribution in [2.24, 2.45) is 0 Å². The van der Waals surface area contributed by atoms with Crippen LogP contribution in [-0.4, -0.2) is 55.2 Å². The Hall–Kier alpha value is -2.78. The lowest BCUT2D eigenvalue weighted by Gasteiger charge is -2.28. The number of benzene rings is 2. The number of hydrogen-bond acceptors (Lipinski definition) is 6. The van der Waals surface area contributed by atoms with Gasteiger partial charge >= 0.3 is 0 Å². The zero-order valence-electron chi connectivity index (χ0n) is 19.0. The van der Waals surface area contributed by atoms with Gasteiger partial charge in [0.15, 0.2) is 11.5 Å². The maximum absolute atomic E-state index is 13.5. The minimum Gasteiger partial charge on any atom is -0.454 e. The van der Waals surface area contributed by atoms with Crippen LogP contribution in [0, 0.1) is 0 Å². The molecule has 1 aromatic heterocycles. The van der Waals surface area contributed by atoms with Gasteiger partial charge in [-0.15, -0.1) is 11.3 Å². The molecular formula is C25H24Cl2N2O5S. The van der Waals surface area contributed by atoms with E-state index in [0.717, 1.165) is 10.4 Å². The molecule has 0 unspecified atom stereocenters. The molecule has 0 radical (unpaired) electrons. The number of rotatable bonds is 10. The number of hydrogen-bond donors (Lipinski definition) is 0. The minimum atomic E-state index is -0.326. The summed E-state index contributed by atoms with van der Waals surface area (Å²) >= 11 is 13.7. The average molecular weight is 535 g/mol. The van der Waals surface area contributed by atoms with Crippen LogP contribution in [0.15, 0.2) is 53.9 Å². The van der Waals surface area contributed by atoms with E-state index >= 15 is 0 Å². The lowest BCUT2D eigenvalue weighted by Crippen LogP contribution is -2.43. The number of carbonyl (C=O) groups excluding carboxylic acids is 2. The van der Waals surface area contributed by atoms with Gasteiger partial charge in [0, 0.05) is 30.6 Å². The van der Waals surface area contributed by atoms with Crippen molar-refractivity contribution < 1.29 is 23.8 Å². The third-order valence-electron chi connectivity index (χ3n) is 5.44. The van der Waals surface area contributed by atoms with E-state index < -0.39 is 0 Å². The number of nitrogens with zero attached hydrogens (tertiary/aromatic N) is 2. The third-order valence-corrected chi connectivity index (χ3v) is 7.04. The molecule has 2 aromatic carbocycles. The fourth-order valence-electron chi connectivity index (χ4n) is 3.61. The van der Waals surface area contributed by atoms with Gasteiger partial charge in [0.05, 0.1) is 23.2 Å². The van der Waals surface area contributed by atoms with Crippen LogP contribution in [0.1, 0.15) is 20.8 Å². The molecule has 0 spiro atoms. The minimum absolute atomic E-state index is 0.113. The summed E-state index contributed by atoms with van der Waals surface area (Å²) in [6.07, 6.45) is 0. The second kappa shape index (κ2) is 11.8. The molecule has 0 bridgehead atoms. The predicted molar refractivity (Wildman–Crippen MR) is 135 cm³/mol. The second-order valence-corrected chi connectivity index (χ2v) is 9.71. The van der Waals surface area contributed by atoms with E-state index in [1.165, 1.54) is 11.0 Å². The lowest BCUT2D eigenvalue weighted by molar-refractivity contribution is -0.133. The standard InChI is InChI=1S/C25H24Cl2N2O5S/c1-32-9-8-28(25(31)18-5-6-20(26)21(27)12-18)15-24(30)29(14-19-3-2-10-35-19)13-17-4-7-22-23(11-17)34-16-33-22/h2-7,10-12H,8-9,13-16H2,1H3. The van der Waals surface area contributed by atoms with E-state index in [0.29, 0.717) is 35.2 Å². The molecule has 0 N–H and O–H groups in total. The van der Waals surface area contributed by atoms with Crippen molar-refractivity contribution in [3.05, 3.63) is 80.0 Å².